The molecule has 1 aliphatic carbocycles. The molecule has 0 aromatic heterocycles. The summed E-state index contributed by atoms with van der Waals surface area (Å²) in [6.07, 6.45) is -1.18. The van der Waals surface area contributed by atoms with Crippen molar-refractivity contribution in [3.05, 3.63) is 24.3 Å². The topological polar surface area (TPSA) is 20.2 Å². The summed E-state index contributed by atoms with van der Waals surface area (Å²) in [5, 5.41) is 8.66. The van der Waals surface area contributed by atoms with Gasteiger partial charge in [-0.25, -0.2) is 0 Å². The van der Waals surface area contributed by atoms with E-state index in [0.717, 1.165) is 0 Å². The third kappa shape index (κ3) is 1.83. The lowest BCUT2D eigenvalue weighted by Gasteiger charge is -2.17. The van der Waals surface area contributed by atoms with Gasteiger partial charge in [0.15, 0.2) is 6.10 Å². The second-order valence-corrected chi connectivity index (χ2v) is 2.33. The van der Waals surface area contributed by atoms with Crippen molar-refractivity contribution in [1.29, 1.82) is 0 Å². The molecule has 1 aliphatic rings. The lowest BCUT2D eigenvalue weighted by molar-refractivity contribution is -0.210. The molecule has 1 N–H and O–H groups in total. The van der Waals surface area contributed by atoms with Gasteiger partial charge < -0.3 is 5.11 Å². The first-order valence-corrected chi connectivity index (χ1v) is 3.11. The van der Waals surface area contributed by atoms with E-state index in [1.807, 2.05) is 0 Å². The SMILES string of the molecule is OC(C1C=CC=C1)C(F)(F)F. The van der Waals surface area contributed by atoms with Crippen molar-refractivity contribution in [1.82, 2.24) is 0 Å². The minimum atomic E-state index is -4.52. The summed E-state index contributed by atoms with van der Waals surface area (Å²) in [5.41, 5.74) is 0. The standard InChI is InChI=1S/C7H7F3O/c8-7(9,10)6(11)5-3-1-2-4-5/h1-6,11H. The van der Waals surface area contributed by atoms with Crippen LogP contribution in [0, 0.1) is 5.92 Å². The van der Waals surface area contributed by atoms with Gasteiger partial charge in [0.2, 0.25) is 0 Å². The van der Waals surface area contributed by atoms with E-state index in [4.69, 9.17) is 5.11 Å². The first kappa shape index (κ1) is 8.33. The van der Waals surface area contributed by atoms with Crippen LogP contribution in [-0.2, 0) is 0 Å². The highest BCUT2D eigenvalue weighted by atomic mass is 19.4. The van der Waals surface area contributed by atoms with Crippen LogP contribution < -0.4 is 0 Å². The van der Waals surface area contributed by atoms with E-state index in [1.54, 1.807) is 0 Å². The number of aliphatic hydroxyl groups excluding tert-OH is 1. The number of aliphatic hydroxyl groups is 1. The Morgan fingerprint density at radius 3 is 2.00 bits per heavy atom. The molecule has 0 fully saturated rings. The van der Waals surface area contributed by atoms with Crippen molar-refractivity contribution in [2.24, 2.45) is 5.92 Å². The Balaban J connectivity index is 2.61. The highest BCUT2D eigenvalue weighted by Gasteiger charge is 2.41. The Morgan fingerprint density at radius 1 is 1.18 bits per heavy atom. The summed E-state index contributed by atoms with van der Waals surface area (Å²) in [6, 6.07) is 0. The Bertz CT molecular complexity index is 180. The third-order valence-corrected chi connectivity index (χ3v) is 1.48. The molecule has 0 aromatic carbocycles. The van der Waals surface area contributed by atoms with E-state index in [1.165, 1.54) is 24.3 Å². The number of halogens is 3. The third-order valence-electron chi connectivity index (χ3n) is 1.48. The molecular formula is C7H7F3O. The fourth-order valence-corrected chi connectivity index (χ4v) is 0.878. The minimum absolute atomic E-state index is 0.907. The average Bonchev–Trinajstić information content (AvgIpc) is 2.34. The lowest BCUT2D eigenvalue weighted by atomic mass is 10.0. The van der Waals surface area contributed by atoms with Crippen LogP contribution in [0.3, 0.4) is 0 Å². The smallest absolute Gasteiger partial charge is 0.383 e. The maximum Gasteiger partial charge on any atom is 0.415 e. The predicted octanol–water partition coefficient (Wildman–Crippen LogP) is 1.65. The molecule has 1 nitrogen and oxygen atoms in total. The van der Waals surface area contributed by atoms with E-state index < -0.39 is 18.2 Å². The Labute approximate surface area is 61.8 Å². The Kier molecular flexibility index (Phi) is 2.04. The number of hydrogen-bond acceptors (Lipinski definition) is 1. The normalized spacial score (nSPS) is 21.1. The van der Waals surface area contributed by atoms with E-state index >= 15 is 0 Å². The molecule has 1 rings (SSSR count). The van der Waals surface area contributed by atoms with E-state index in [0.29, 0.717) is 0 Å². The first-order chi connectivity index (χ1) is 5.02. The van der Waals surface area contributed by atoms with Crippen LogP contribution in [0.25, 0.3) is 0 Å². The number of alkyl halides is 3. The summed E-state index contributed by atoms with van der Waals surface area (Å²) in [6.45, 7) is 0. The predicted molar refractivity (Wildman–Crippen MR) is 33.8 cm³/mol. The molecule has 0 aliphatic heterocycles. The van der Waals surface area contributed by atoms with Crippen molar-refractivity contribution in [2.45, 2.75) is 12.3 Å². The van der Waals surface area contributed by atoms with Gasteiger partial charge in [-0.15, -0.1) is 0 Å². The van der Waals surface area contributed by atoms with Gasteiger partial charge in [0.25, 0.3) is 0 Å². The Hall–Kier alpha value is -0.770. The maximum atomic E-state index is 11.8. The summed E-state index contributed by atoms with van der Waals surface area (Å²) in [7, 11) is 0. The monoisotopic (exact) mass is 164 g/mol. The van der Waals surface area contributed by atoms with Gasteiger partial charge in [0.05, 0.1) is 0 Å². The van der Waals surface area contributed by atoms with Crippen molar-refractivity contribution < 1.29 is 18.3 Å². The molecule has 11 heavy (non-hydrogen) atoms. The molecule has 0 aromatic rings. The molecule has 0 saturated heterocycles. The molecular weight excluding hydrogens is 157 g/mol. The van der Waals surface area contributed by atoms with Crippen molar-refractivity contribution in [3.8, 4) is 0 Å². The highest BCUT2D eigenvalue weighted by Crippen LogP contribution is 2.28. The average molecular weight is 164 g/mol. The first-order valence-electron chi connectivity index (χ1n) is 3.11. The van der Waals surface area contributed by atoms with E-state index in [-0.39, 0.29) is 0 Å². The van der Waals surface area contributed by atoms with Gasteiger partial charge in [-0.1, -0.05) is 24.3 Å². The van der Waals surface area contributed by atoms with Gasteiger partial charge in [0.1, 0.15) is 0 Å². The molecule has 0 saturated carbocycles. The second kappa shape index (κ2) is 2.70. The molecule has 1 unspecified atom stereocenters. The number of rotatable bonds is 1. The van der Waals surface area contributed by atoms with Gasteiger partial charge in [-0.3, -0.25) is 0 Å². The number of allylic oxidation sites excluding steroid dienone is 2. The second-order valence-electron chi connectivity index (χ2n) is 2.33. The van der Waals surface area contributed by atoms with E-state index in [2.05, 4.69) is 0 Å². The van der Waals surface area contributed by atoms with Crippen LogP contribution in [0.4, 0.5) is 13.2 Å². The Morgan fingerprint density at radius 2 is 1.64 bits per heavy atom. The summed E-state index contributed by atoms with van der Waals surface area (Å²) >= 11 is 0. The van der Waals surface area contributed by atoms with Crippen molar-refractivity contribution in [3.63, 3.8) is 0 Å². The van der Waals surface area contributed by atoms with Crippen LogP contribution >= 0.6 is 0 Å². The zero-order valence-corrected chi connectivity index (χ0v) is 5.55. The molecule has 0 spiro atoms. The lowest BCUT2D eigenvalue weighted by Crippen LogP contribution is -2.33. The van der Waals surface area contributed by atoms with Gasteiger partial charge >= 0.3 is 6.18 Å². The summed E-state index contributed by atoms with van der Waals surface area (Å²) in [5.74, 6) is -0.907. The zero-order valence-electron chi connectivity index (χ0n) is 5.55. The quantitative estimate of drug-likeness (QED) is 0.624. The fraction of sp³-hybridized carbons (Fsp3) is 0.429. The summed E-state index contributed by atoms with van der Waals surface area (Å²) in [4.78, 5) is 0. The molecule has 0 amide bonds. The molecule has 1 atom stereocenters. The fourth-order valence-electron chi connectivity index (χ4n) is 0.878. The highest BCUT2D eigenvalue weighted by molar-refractivity contribution is 5.19. The molecule has 62 valence electrons. The van der Waals surface area contributed by atoms with Gasteiger partial charge in [-0.05, 0) is 0 Å². The van der Waals surface area contributed by atoms with Crippen LogP contribution in [0.15, 0.2) is 24.3 Å². The zero-order chi connectivity index (χ0) is 8.48. The van der Waals surface area contributed by atoms with Crippen molar-refractivity contribution in [2.75, 3.05) is 0 Å². The molecule has 0 heterocycles. The maximum absolute atomic E-state index is 11.8. The van der Waals surface area contributed by atoms with Crippen LogP contribution in [-0.4, -0.2) is 17.4 Å². The van der Waals surface area contributed by atoms with Crippen LogP contribution in [0.5, 0.6) is 0 Å². The number of hydrogen-bond donors (Lipinski definition) is 1. The largest absolute Gasteiger partial charge is 0.415 e. The van der Waals surface area contributed by atoms with E-state index in [9.17, 15) is 13.2 Å². The summed E-state index contributed by atoms with van der Waals surface area (Å²) < 4.78 is 35.3. The van der Waals surface area contributed by atoms with Crippen LogP contribution in [0.1, 0.15) is 0 Å². The molecule has 4 heteroatoms. The molecule has 0 bridgehead atoms. The van der Waals surface area contributed by atoms with Crippen molar-refractivity contribution >= 4 is 0 Å². The van der Waals surface area contributed by atoms with Gasteiger partial charge in [0, 0.05) is 5.92 Å². The minimum Gasteiger partial charge on any atom is -0.383 e. The van der Waals surface area contributed by atoms with Gasteiger partial charge in [-0.2, -0.15) is 13.2 Å². The van der Waals surface area contributed by atoms with Crippen LogP contribution in [0.2, 0.25) is 0 Å². The molecule has 0 radical (unpaired) electrons.